The Hall–Kier alpha value is -4.25. The number of carbonyl (C=O) groups excluding carboxylic acids is 1. The molecule has 0 N–H and O–H groups in total. The second kappa shape index (κ2) is 16.5. The highest BCUT2D eigenvalue weighted by atomic mass is 16.5. The summed E-state index contributed by atoms with van der Waals surface area (Å²) in [5.74, 6) is 3.15. The second-order valence-corrected chi connectivity index (χ2v) is 8.22. The topological polar surface area (TPSA) is 54.0 Å². The Morgan fingerprint density at radius 1 is 0.553 bits per heavy atom. The van der Waals surface area contributed by atoms with Crippen LogP contribution in [0, 0.1) is 0 Å². The molecule has 4 aromatic rings. The minimum Gasteiger partial charge on any atom is -0.497 e. The molecule has 0 fully saturated rings. The SMILES string of the molecule is CCCC.COc1ccc(C(=O)c2ccc(OC)cc2)cc1.COc1ccc(OC)c(-c2ccccc2)c1. The predicted molar refractivity (Wildman–Crippen MR) is 155 cm³/mol. The second-order valence-electron chi connectivity index (χ2n) is 8.22. The molecule has 0 saturated heterocycles. The lowest BCUT2D eigenvalue weighted by Gasteiger charge is -2.10. The average Bonchev–Trinajstić information content (AvgIpc) is 3.01. The van der Waals surface area contributed by atoms with Gasteiger partial charge in [-0.1, -0.05) is 57.0 Å². The first kappa shape index (κ1) is 30.0. The van der Waals surface area contributed by atoms with E-state index in [9.17, 15) is 4.79 Å². The molecule has 0 aliphatic carbocycles. The van der Waals surface area contributed by atoms with Crippen LogP contribution in [-0.2, 0) is 0 Å². The van der Waals surface area contributed by atoms with Crippen LogP contribution in [0.5, 0.6) is 23.0 Å². The molecule has 0 bridgehead atoms. The molecule has 0 amide bonds. The molecule has 0 atom stereocenters. The van der Waals surface area contributed by atoms with Gasteiger partial charge < -0.3 is 18.9 Å². The molecule has 0 radical (unpaired) electrons. The summed E-state index contributed by atoms with van der Waals surface area (Å²) < 4.78 is 20.7. The maximum Gasteiger partial charge on any atom is 0.193 e. The third kappa shape index (κ3) is 9.00. The lowest BCUT2D eigenvalue weighted by molar-refractivity contribution is 0.103. The fourth-order valence-corrected chi connectivity index (χ4v) is 3.31. The lowest BCUT2D eigenvalue weighted by Crippen LogP contribution is -2.01. The highest BCUT2D eigenvalue weighted by Crippen LogP contribution is 2.33. The summed E-state index contributed by atoms with van der Waals surface area (Å²) in [6.07, 6.45) is 2.64. The Balaban J connectivity index is 0.000000235. The van der Waals surface area contributed by atoms with Crippen molar-refractivity contribution in [3.63, 3.8) is 0 Å². The summed E-state index contributed by atoms with van der Waals surface area (Å²) >= 11 is 0. The standard InChI is InChI=1S/C15H14O3.C14H14O2.C4H10/c1-17-13-7-3-11(4-8-13)15(16)12-5-9-14(18-2)10-6-12;1-15-12-8-9-14(16-2)13(10-12)11-6-4-3-5-7-11;1-3-4-2/h3-10H,1-2H3;3-10H,1-2H3;3-4H2,1-2H3. The Morgan fingerprint density at radius 3 is 1.39 bits per heavy atom. The van der Waals surface area contributed by atoms with Crippen LogP contribution in [0.1, 0.15) is 42.6 Å². The van der Waals surface area contributed by atoms with Crippen molar-refractivity contribution < 1.29 is 23.7 Å². The quantitative estimate of drug-likeness (QED) is 0.222. The molecule has 0 heterocycles. The number of carbonyl (C=O) groups is 1. The number of ether oxygens (including phenoxy) is 4. The molecule has 200 valence electrons. The average molecular weight is 515 g/mol. The number of hydrogen-bond donors (Lipinski definition) is 0. The summed E-state index contributed by atoms with van der Waals surface area (Å²) in [4.78, 5) is 12.2. The van der Waals surface area contributed by atoms with E-state index < -0.39 is 0 Å². The Kier molecular flexibility index (Phi) is 13.0. The van der Waals surface area contributed by atoms with Gasteiger partial charge in [-0.25, -0.2) is 0 Å². The number of unbranched alkanes of at least 4 members (excludes halogenated alkanes) is 1. The van der Waals surface area contributed by atoms with E-state index in [2.05, 4.69) is 26.0 Å². The van der Waals surface area contributed by atoms with Gasteiger partial charge >= 0.3 is 0 Å². The van der Waals surface area contributed by atoms with Crippen LogP contribution in [0.4, 0.5) is 0 Å². The smallest absolute Gasteiger partial charge is 0.193 e. The van der Waals surface area contributed by atoms with E-state index in [1.165, 1.54) is 12.8 Å². The van der Waals surface area contributed by atoms with E-state index in [0.717, 1.165) is 34.1 Å². The first-order valence-electron chi connectivity index (χ1n) is 12.6. The monoisotopic (exact) mass is 514 g/mol. The fraction of sp³-hybridized carbons (Fsp3) is 0.242. The lowest BCUT2D eigenvalue weighted by atomic mass is 10.0. The summed E-state index contributed by atoms with van der Waals surface area (Å²) in [5, 5.41) is 0. The Bertz CT molecular complexity index is 1170. The highest BCUT2D eigenvalue weighted by Gasteiger charge is 2.09. The van der Waals surface area contributed by atoms with Gasteiger partial charge in [-0.3, -0.25) is 4.79 Å². The van der Waals surface area contributed by atoms with E-state index >= 15 is 0 Å². The molecule has 5 heteroatoms. The molecule has 4 aromatic carbocycles. The van der Waals surface area contributed by atoms with E-state index in [0.29, 0.717) is 11.1 Å². The first-order chi connectivity index (χ1) is 18.5. The Labute approximate surface area is 227 Å². The van der Waals surface area contributed by atoms with Crippen molar-refractivity contribution in [2.75, 3.05) is 28.4 Å². The van der Waals surface area contributed by atoms with Gasteiger partial charge in [0.2, 0.25) is 0 Å². The number of benzene rings is 4. The number of ketones is 1. The van der Waals surface area contributed by atoms with Gasteiger partial charge in [-0.2, -0.15) is 0 Å². The van der Waals surface area contributed by atoms with Crippen molar-refractivity contribution >= 4 is 5.78 Å². The van der Waals surface area contributed by atoms with Crippen LogP contribution in [-0.4, -0.2) is 34.2 Å². The third-order valence-corrected chi connectivity index (χ3v) is 5.70. The molecule has 0 spiro atoms. The van der Waals surface area contributed by atoms with Crippen LogP contribution < -0.4 is 18.9 Å². The van der Waals surface area contributed by atoms with Crippen LogP contribution in [0.2, 0.25) is 0 Å². The van der Waals surface area contributed by atoms with E-state index in [4.69, 9.17) is 18.9 Å². The minimum absolute atomic E-state index is 0.0136. The van der Waals surface area contributed by atoms with Gasteiger partial charge in [-0.05, 0) is 72.3 Å². The van der Waals surface area contributed by atoms with Crippen molar-refractivity contribution in [1.82, 2.24) is 0 Å². The van der Waals surface area contributed by atoms with Gasteiger partial charge in [0.15, 0.2) is 5.78 Å². The van der Waals surface area contributed by atoms with Crippen LogP contribution in [0.15, 0.2) is 97.1 Å². The first-order valence-corrected chi connectivity index (χ1v) is 12.6. The molecule has 0 saturated carbocycles. The summed E-state index contributed by atoms with van der Waals surface area (Å²) in [6.45, 7) is 4.36. The minimum atomic E-state index is -0.0136. The van der Waals surface area contributed by atoms with E-state index in [-0.39, 0.29) is 5.78 Å². The van der Waals surface area contributed by atoms with Crippen molar-refractivity contribution in [2.45, 2.75) is 26.7 Å². The zero-order chi connectivity index (χ0) is 27.8. The molecule has 0 aromatic heterocycles. The summed E-state index contributed by atoms with van der Waals surface area (Å²) in [5.41, 5.74) is 3.45. The number of rotatable bonds is 8. The number of hydrogen-bond acceptors (Lipinski definition) is 5. The largest absolute Gasteiger partial charge is 0.497 e. The van der Waals surface area contributed by atoms with Crippen molar-refractivity contribution in [1.29, 1.82) is 0 Å². The normalized spacial score (nSPS) is 9.63. The summed E-state index contributed by atoms with van der Waals surface area (Å²) in [6, 6.07) is 30.0. The third-order valence-electron chi connectivity index (χ3n) is 5.70. The predicted octanol–water partition coefficient (Wildman–Crippen LogP) is 8.11. The maximum atomic E-state index is 12.2. The number of methoxy groups -OCH3 is 4. The van der Waals surface area contributed by atoms with Crippen molar-refractivity contribution in [2.24, 2.45) is 0 Å². The molecule has 0 aliphatic rings. The summed E-state index contributed by atoms with van der Waals surface area (Å²) in [7, 11) is 6.53. The molecular weight excluding hydrogens is 476 g/mol. The van der Waals surface area contributed by atoms with E-state index in [1.807, 2.05) is 36.4 Å². The van der Waals surface area contributed by atoms with Crippen LogP contribution >= 0.6 is 0 Å². The van der Waals surface area contributed by atoms with Crippen LogP contribution in [0.3, 0.4) is 0 Å². The van der Waals surface area contributed by atoms with Crippen molar-refractivity contribution in [3.8, 4) is 34.1 Å². The molecule has 0 aliphatic heterocycles. The van der Waals surface area contributed by atoms with Gasteiger partial charge in [0.05, 0.1) is 28.4 Å². The zero-order valence-corrected chi connectivity index (χ0v) is 23.2. The fourth-order valence-electron chi connectivity index (χ4n) is 3.31. The van der Waals surface area contributed by atoms with Gasteiger partial charge in [-0.15, -0.1) is 0 Å². The molecule has 0 unspecified atom stereocenters. The van der Waals surface area contributed by atoms with Gasteiger partial charge in [0.1, 0.15) is 23.0 Å². The van der Waals surface area contributed by atoms with Gasteiger partial charge in [0.25, 0.3) is 0 Å². The molecule has 4 rings (SSSR count). The van der Waals surface area contributed by atoms with Gasteiger partial charge in [0, 0.05) is 16.7 Å². The van der Waals surface area contributed by atoms with Crippen LogP contribution in [0.25, 0.3) is 11.1 Å². The molecule has 38 heavy (non-hydrogen) atoms. The zero-order valence-electron chi connectivity index (χ0n) is 23.2. The van der Waals surface area contributed by atoms with Crippen molar-refractivity contribution in [3.05, 3.63) is 108 Å². The molecular formula is C33H38O5. The molecule has 5 nitrogen and oxygen atoms in total. The van der Waals surface area contributed by atoms with E-state index in [1.54, 1.807) is 77.0 Å². The highest BCUT2D eigenvalue weighted by molar-refractivity contribution is 6.09. The maximum absolute atomic E-state index is 12.2. The Morgan fingerprint density at radius 2 is 1.00 bits per heavy atom.